The van der Waals surface area contributed by atoms with Gasteiger partial charge in [-0.3, -0.25) is 9.59 Å². The highest BCUT2D eigenvalue weighted by molar-refractivity contribution is 6.30. The Bertz CT molecular complexity index is 892. The number of carbonyl (C=O) groups excluding carboxylic acids is 2. The van der Waals surface area contributed by atoms with Crippen LogP contribution < -0.4 is 20.1 Å². The molecule has 1 aromatic carbocycles. The topological polar surface area (TPSA) is 89.5 Å². The van der Waals surface area contributed by atoms with E-state index in [1.54, 1.807) is 25.3 Å². The summed E-state index contributed by atoms with van der Waals surface area (Å²) in [5, 5.41) is 5.24. The van der Waals surface area contributed by atoms with E-state index in [0.29, 0.717) is 24.3 Å². The molecule has 7 nitrogen and oxygen atoms in total. The maximum Gasteiger partial charge on any atom is 0.262 e. The number of pyridine rings is 1. The normalized spacial score (nSPS) is 10.2. The second-order valence-electron chi connectivity index (χ2n) is 5.81. The third-order valence-corrected chi connectivity index (χ3v) is 3.89. The number of benzene rings is 1. The molecule has 0 saturated heterocycles. The van der Waals surface area contributed by atoms with Gasteiger partial charge in [0.2, 0.25) is 5.88 Å². The van der Waals surface area contributed by atoms with Crippen LogP contribution in [0.5, 0.6) is 11.6 Å². The maximum atomic E-state index is 13.3. The van der Waals surface area contributed by atoms with Crippen molar-refractivity contribution >= 4 is 23.4 Å². The number of carbonyl (C=O) groups is 2. The van der Waals surface area contributed by atoms with Crippen LogP contribution in [0.2, 0.25) is 5.02 Å². The van der Waals surface area contributed by atoms with Gasteiger partial charge in [0.05, 0.1) is 11.6 Å². The summed E-state index contributed by atoms with van der Waals surface area (Å²) >= 11 is 5.58. The van der Waals surface area contributed by atoms with Gasteiger partial charge < -0.3 is 20.1 Å². The first-order valence-electron chi connectivity index (χ1n) is 8.82. The monoisotopic (exact) mass is 421 g/mol. The van der Waals surface area contributed by atoms with Crippen molar-refractivity contribution in [1.82, 2.24) is 15.6 Å². The molecule has 1 heterocycles. The lowest BCUT2D eigenvalue weighted by Gasteiger charge is -2.11. The van der Waals surface area contributed by atoms with E-state index in [0.717, 1.165) is 6.07 Å². The minimum absolute atomic E-state index is 0.0307. The van der Waals surface area contributed by atoms with Crippen molar-refractivity contribution in [3.63, 3.8) is 0 Å². The van der Waals surface area contributed by atoms with Crippen molar-refractivity contribution in [2.75, 3.05) is 19.8 Å². The van der Waals surface area contributed by atoms with Crippen molar-refractivity contribution in [1.29, 1.82) is 0 Å². The Morgan fingerprint density at radius 1 is 1.28 bits per heavy atom. The second-order valence-corrected chi connectivity index (χ2v) is 6.22. The predicted octanol–water partition coefficient (Wildman–Crippen LogP) is 3.10. The second kappa shape index (κ2) is 11.0. The van der Waals surface area contributed by atoms with Gasteiger partial charge in [-0.15, -0.1) is 0 Å². The lowest BCUT2D eigenvalue weighted by molar-refractivity contribution is -0.122. The zero-order valence-corrected chi connectivity index (χ0v) is 16.6. The first kappa shape index (κ1) is 22.2. The molecule has 0 aliphatic heterocycles. The highest BCUT2D eigenvalue weighted by Gasteiger charge is 2.13. The number of aromatic nitrogens is 1. The molecule has 9 heteroatoms. The van der Waals surface area contributed by atoms with Crippen LogP contribution in [0.4, 0.5) is 4.39 Å². The number of ether oxygens (including phenoxy) is 2. The largest absolute Gasteiger partial charge is 0.484 e. The Kier molecular flexibility index (Phi) is 8.42. The van der Waals surface area contributed by atoms with Gasteiger partial charge in [-0.1, -0.05) is 18.2 Å². The zero-order chi connectivity index (χ0) is 21.2. The lowest BCUT2D eigenvalue weighted by atomic mass is 10.2. The zero-order valence-electron chi connectivity index (χ0n) is 15.8. The summed E-state index contributed by atoms with van der Waals surface area (Å²) < 4.78 is 23.9. The number of hydrogen-bond acceptors (Lipinski definition) is 5. The fourth-order valence-electron chi connectivity index (χ4n) is 2.25. The highest BCUT2D eigenvalue weighted by atomic mass is 35.5. The summed E-state index contributed by atoms with van der Waals surface area (Å²) in [7, 11) is 0. The van der Waals surface area contributed by atoms with Gasteiger partial charge in [0.25, 0.3) is 11.8 Å². The number of amides is 2. The fraction of sp³-hybridized carbons (Fsp3) is 0.250. The molecule has 2 N–H and O–H groups in total. The van der Waals surface area contributed by atoms with Crippen LogP contribution in [0.25, 0.3) is 0 Å². The van der Waals surface area contributed by atoms with Gasteiger partial charge in [-0.05, 0) is 31.2 Å². The molecule has 0 saturated carbocycles. The molecule has 2 rings (SSSR count). The van der Waals surface area contributed by atoms with E-state index in [1.807, 2.05) is 0 Å². The van der Waals surface area contributed by atoms with Crippen LogP contribution in [-0.4, -0.2) is 36.6 Å². The lowest BCUT2D eigenvalue weighted by Crippen LogP contribution is -2.31. The molecule has 0 spiro atoms. The van der Waals surface area contributed by atoms with E-state index >= 15 is 0 Å². The Morgan fingerprint density at radius 2 is 2.07 bits per heavy atom. The summed E-state index contributed by atoms with van der Waals surface area (Å²) in [6.07, 6.45) is 1.86. The Balaban J connectivity index is 1.73. The molecule has 0 unspecified atom stereocenters. The van der Waals surface area contributed by atoms with Crippen molar-refractivity contribution < 1.29 is 23.5 Å². The van der Waals surface area contributed by atoms with Gasteiger partial charge in [0, 0.05) is 30.9 Å². The molecule has 0 bridgehead atoms. The van der Waals surface area contributed by atoms with Crippen molar-refractivity contribution in [3.8, 4) is 11.6 Å². The van der Waals surface area contributed by atoms with Gasteiger partial charge >= 0.3 is 0 Å². The van der Waals surface area contributed by atoms with E-state index in [9.17, 15) is 14.0 Å². The van der Waals surface area contributed by atoms with Crippen LogP contribution in [0.3, 0.4) is 0 Å². The van der Waals surface area contributed by atoms with E-state index in [4.69, 9.17) is 21.1 Å². The van der Waals surface area contributed by atoms with Gasteiger partial charge in [-0.2, -0.15) is 0 Å². The summed E-state index contributed by atoms with van der Waals surface area (Å²) in [5.74, 6) is -0.987. The van der Waals surface area contributed by atoms with Gasteiger partial charge in [-0.25, -0.2) is 9.37 Å². The smallest absolute Gasteiger partial charge is 0.262 e. The summed E-state index contributed by atoms with van der Waals surface area (Å²) in [4.78, 5) is 28.2. The summed E-state index contributed by atoms with van der Waals surface area (Å²) in [6, 6.07) is 7.14. The Morgan fingerprint density at radius 3 is 2.79 bits per heavy atom. The summed E-state index contributed by atoms with van der Waals surface area (Å²) in [5.41, 5.74) is 0.727. The van der Waals surface area contributed by atoms with Gasteiger partial charge in [0.1, 0.15) is 17.1 Å². The molecular weight excluding hydrogens is 401 g/mol. The van der Waals surface area contributed by atoms with Crippen LogP contribution in [0.15, 0.2) is 48.8 Å². The maximum absolute atomic E-state index is 13.3. The van der Waals surface area contributed by atoms with E-state index in [1.165, 1.54) is 12.1 Å². The third-order valence-electron chi connectivity index (χ3n) is 3.59. The van der Waals surface area contributed by atoms with Crippen molar-refractivity contribution in [2.24, 2.45) is 0 Å². The first-order chi connectivity index (χ1) is 13.9. The fourth-order valence-corrected chi connectivity index (χ4v) is 2.37. The quantitative estimate of drug-likeness (QED) is 0.615. The van der Waals surface area contributed by atoms with E-state index in [-0.39, 0.29) is 35.7 Å². The first-order valence-corrected chi connectivity index (χ1v) is 9.20. The molecule has 0 atom stereocenters. The van der Waals surface area contributed by atoms with Crippen LogP contribution in [0.1, 0.15) is 23.7 Å². The molecule has 2 aromatic rings. The average molecular weight is 422 g/mol. The third kappa shape index (κ3) is 7.08. The number of nitrogens with zero attached hydrogens (tertiary/aromatic N) is 1. The van der Waals surface area contributed by atoms with Crippen LogP contribution >= 0.6 is 11.6 Å². The van der Waals surface area contributed by atoms with Crippen molar-refractivity contribution in [2.45, 2.75) is 13.3 Å². The van der Waals surface area contributed by atoms with E-state index < -0.39 is 11.7 Å². The predicted molar refractivity (Wildman–Crippen MR) is 107 cm³/mol. The summed E-state index contributed by atoms with van der Waals surface area (Å²) in [6.45, 7) is 5.87. The molecule has 29 heavy (non-hydrogen) atoms. The SMILES string of the molecule is C=C(CCNC(=O)c1cccnc1OCC)NC(=O)COc1ccc(Cl)c(F)c1. The van der Waals surface area contributed by atoms with Crippen LogP contribution in [-0.2, 0) is 4.79 Å². The van der Waals surface area contributed by atoms with Crippen molar-refractivity contribution in [3.05, 3.63) is 65.2 Å². The van der Waals surface area contributed by atoms with Crippen LogP contribution in [0, 0.1) is 5.82 Å². The number of nitrogens with one attached hydrogen (secondary N) is 2. The highest BCUT2D eigenvalue weighted by Crippen LogP contribution is 2.20. The molecule has 1 aromatic heterocycles. The van der Waals surface area contributed by atoms with E-state index in [2.05, 4.69) is 22.2 Å². The molecule has 2 amide bonds. The molecule has 0 fully saturated rings. The average Bonchev–Trinajstić information content (AvgIpc) is 2.69. The number of halogens is 2. The molecule has 0 aliphatic rings. The number of hydrogen-bond donors (Lipinski definition) is 2. The Hall–Kier alpha value is -3.13. The molecule has 154 valence electrons. The number of rotatable bonds is 10. The standard InChI is InChI=1S/C20H21ClFN3O4/c1-3-28-20-15(5-4-9-24-20)19(27)23-10-8-13(2)25-18(26)12-29-14-6-7-16(21)17(22)11-14/h4-7,9,11H,2-3,8,10,12H2,1H3,(H,23,27)(H,25,26). The molecule has 0 radical (unpaired) electrons. The molecular formula is C20H21ClFN3O4. The minimum Gasteiger partial charge on any atom is -0.484 e. The molecule has 0 aliphatic carbocycles. The minimum atomic E-state index is -0.633. The van der Waals surface area contributed by atoms with Gasteiger partial charge in [0.15, 0.2) is 6.61 Å². The Labute approximate surface area is 172 Å².